The zero-order valence-electron chi connectivity index (χ0n) is 18.3. The van der Waals surface area contributed by atoms with Gasteiger partial charge in [0.15, 0.2) is 5.54 Å². The third kappa shape index (κ3) is 4.33. The van der Waals surface area contributed by atoms with E-state index in [0.717, 1.165) is 4.90 Å². The zero-order chi connectivity index (χ0) is 22.8. The maximum absolute atomic E-state index is 13.6. The minimum atomic E-state index is -1.47. The highest BCUT2D eigenvalue weighted by molar-refractivity contribution is 6.11. The van der Waals surface area contributed by atoms with Crippen LogP contribution in [-0.4, -0.2) is 49.0 Å². The van der Waals surface area contributed by atoms with E-state index in [2.05, 4.69) is 10.6 Å². The molecule has 1 fully saturated rings. The molecule has 0 unspecified atom stereocenters. The second kappa shape index (κ2) is 8.29. The normalized spacial score (nSPS) is 15.5. The topological polar surface area (TPSA) is 97.0 Å². The fraction of sp³-hybridized carbons (Fsp3) is 0.348. The number of carbonyl (C=O) groups is 3. The number of amides is 4. The lowest BCUT2D eigenvalue weighted by molar-refractivity contribution is -0.134. The SMILES string of the molecule is COc1ccc(C2(c3ccc(OC)cc3)NC(=O)N(CC(=O)NC(C)(C)C)C2=O)cc1. The average Bonchev–Trinajstić information content (AvgIpc) is 2.98. The van der Waals surface area contributed by atoms with Crippen LogP contribution in [0.1, 0.15) is 31.9 Å². The molecule has 8 heteroatoms. The first-order valence-corrected chi connectivity index (χ1v) is 9.85. The Kier molecular flexibility index (Phi) is 5.92. The Bertz CT molecular complexity index is 930. The minimum absolute atomic E-state index is 0.379. The molecule has 3 rings (SSSR count). The molecular weight excluding hydrogens is 398 g/mol. The van der Waals surface area contributed by atoms with E-state index in [-0.39, 0.29) is 6.54 Å². The molecule has 0 aliphatic carbocycles. The molecular formula is C23H27N3O5. The van der Waals surface area contributed by atoms with Gasteiger partial charge in [-0.1, -0.05) is 24.3 Å². The van der Waals surface area contributed by atoms with Crippen molar-refractivity contribution in [2.75, 3.05) is 20.8 Å². The summed E-state index contributed by atoms with van der Waals surface area (Å²) in [4.78, 5) is 39.9. The number of urea groups is 1. The molecule has 0 atom stereocenters. The smallest absolute Gasteiger partial charge is 0.326 e. The lowest BCUT2D eigenvalue weighted by atomic mass is 9.82. The Morgan fingerprint density at radius 1 is 0.935 bits per heavy atom. The molecule has 0 spiro atoms. The summed E-state index contributed by atoms with van der Waals surface area (Å²) in [6, 6.07) is 13.1. The lowest BCUT2D eigenvalue weighted by Crippen LogP contribution is -2.48. The van der Waals surface area contributed by atoms with Crippen molar-refractivity contribution in [2.45, 2.75) is 31.8 Å². The Labute approximate surface area is 181 Å². The van der Waals surface area contributed by atoms with Gasteiger partial charge >= 0.3 is 6.03 Å². The van der Waals surface area contributed by atoms with Crippen LogP contribution in [-0.2, 0) is 15.1 Å². The highest BCUT2D eigenvalue weighted by Gasteiger charge is 2.54. The number of ether oxygens (including phenoxy) is 2. The summed E-state index contributed by atoms with van der Waals surface area (Å²) in [5, 5.41) is 5.60. The first-order chi connectivity index (χ1) is 14.6. The van der Waals surface area contributed by atoms with Crippen LogP contribution in [0.2, 0.25) is 0 Å². The van der Waals surface area contributed by atoms with E-state index in [1.165, 1.54) is 0 Å². The van der Waals surface area contributed by atoms with Gasteiger partial charge in [0, 0.05) is 5.54 Å². The Balaban J connectivity index is 2.04. The number of benzene rings is 2. The molecule has 1 saturated heterocycles. The summed E-state index contributed by atoms with van der Waals surface area (Å²) in [6.45, 7) is 5.11. The summed E-state index contributed by atoms with van der Waals surface area (Å²) < 4.78 is 10.4. The van der Waals surface area contributed by atoms with Crippen molar-refractivity contribution in [3.63, 3.8) is 0 Å². The fourth-order valence-electron chi connectivity index (χ4n) is 3.56. The molecule has 164 valence electrons. The van der Waals surface area contributed by atoms with Gasteiger partial charge in [-0.3, -0.25) is 14.5 Å². The van der Waals surface area contributed by atoms with Crippen LogP contribution in [0.15, 0.2) is 48.5 Å². The Morgan fingerprint density at radius 2 is 1.39 bits per heavy atom. The molecule has 2 aromatic rings. The largest absolute Gasteiger partial charge is 0.497 e. The van der Waals surface area contributed by atoms with Crippen molar-refractivity contribution < 1.29 is 23.9 Å². The van der Waals surface area contributed by atoms with E-state index in [1.54, 1.807) is 62.8 Å². The van der Waals surface area contributed by atoms with Crippen molar-refractivity contribution in [3.05, 3.63) is 59.7 Å². The predicted octanol–water partition coefficient (Wildman–Crippen LogP) is 2.41. The standard InChI is InChI=1S/C23H27N3O5/c1-22(2,3)24-19(27)14-26-20(28)23(25-21(26)29,15-6-10-17(30-4)11-7-15)16-8-12-18(31-5)13-9-16/h6-13H,14H2,1-5H3,(H,24,27)(H,25,29). The van der Waals surface area contributed by atoms with Gasteiger partial charge in [0.1, 0.15) is 18.0 Å². The number of nitrogens with zero attached hydrogens (tertiary/aromatic N) is 1. The van der Waals surface area contributed by atoms with E-state index < -0.39 is 28.9 Å². The summed E-state index contributed by atoms with van der Waals surface area (Å²) in [5.74, 6) is 0.284. The number of imide groups is 1. The minimum Gasteiger partial charge on any atom is -0.497 e. The zero-order valence-corrected chi connectivity index (χ0v) is 18.3. The number of hydrogen-bond donors (Lipinski definition) is 2. The maximum Gasteiger partial charge on any atom is 0.326 e. The Hall–Kier alpha value is -3.55. The van der Waals surface area contributed by atoms with Gasteiger partial charge < -0.3 is 20.1 Å². The predicted molar refractivity (Wildman–Crippen MR) is 115 cm³/mol. The van der Waals surface area contributed by atoms with Crippen LogP contribution in [0, 0.1) is 0 Å². The van der Waals surface area contributed by atoms with Crippen LogP contribution >= 0.6 is 0 Å². The van der Waals surface area contributed by atoms with Crippen molar-refractivity contribution in [2.24, 2.45) is 0 Å². The number of rotatable bonds is 6. The lowest BCUT2D eigenvalue weighted by Gasteiger charge is -2.28. The van der Waals surface area contributed by atoms with Crippen LogP contribution in [0.25, 0.3) is 0 Å². The first-order valence-electron chi connectivity index (χ1n) is 9.85. The van der Waals surface area contributed by atoms with Crippen molar-refractivity contribution in [3.8, 4) is 11.5 Å². The molecule has 0 saturated carbocycles. The van der Waals surface area contributed by atoms with Crippen LogP contribution in [0.4, 0.5) is 4.79 Å². The summed E-state index contributed by atoms with van der Waals surface area (Å²) in [7, 11) is 3.10. The average molecular weight is 425 g/mol. The summed E-state index contributed by atoms with van der Waals surface area (Å²) >= 11 is 0. The molecule has 4 amide bonds. The van der Waals surface area contributed by atoms with E-state index >= 15 is 0 Å². The first kappa shape index (κ1) is 22.1. The van der Waals surface area contributed by atoms with Crippen molar-refractivity contribution in [1.82, 2.24) is 15.5 Å². The highest BCUT2D eigenvalue weighted by atomic mass is 16.5. The van der Waals surface area contributed by atoms with Gasteiger partial charge in [0.05, 0.1) is 14.2 Å². The second-order valence-electron chi connectivity index (χ2n) is 8.33. The molecule has 0 bridgehead atoms. The van der Waals surface area contributed by atoms with Gasteiger partial charge in [-0.05, 0) is 56.2 Å². The van der Waals surface area contributed by atoms with Gasteiger partial charge in [-0.2, -0.15) is 0 Å². The fourth-order valence-corrected chi connectivity index (χ4v) is 3.56. The molecule has 1 aliphatic rings. The quantitative estimate of drug-likeness (QED) is 0.693. The molecule has 1 aliphatic heterocycles. The van der Waals surface area contributed by atoms with E-state index in [4.69, 9.17) is 9.47 Å². The number of nitrogens with one attached hydrogen (secondary N) is 2. The van der Waals surface area contributed by atoms with E-state index in [9.17, 15) is 14.4 Å². The molecule has 2 N–H and O–H groups in total. The van der Waals surface area contributed by atoms with Crippen molar-refractivity contribution in [1.29, 1.82) is 0 Å². The number of carbonyl (C=O) groups excluding carboxylic acids is 3. The number of hydrogen-bond acceptors (Lipinski definition) is 5. The Morgan fingerprint density at radius 3 is 1.77 bits per heavy atom. The third-order valence-corrected chi connectivity index (χ3v) is 4.97. The van der Waals surface area contributed by atoms with Crippen LogP contribution in [0.5, 0.6) is 11.5 Å². The van der Waals surface area contributed by atoms with Crippen molar-refractivity contribution >= 4 is 17.8 Å². The van der Waals surface area contributed by atoms with Gasteiger partial charge in [0.25, 0.3) is 5.91 Å². The molecule has 8 nitrogen and oxygen atoms in total. The highest BCUT2D eigenvalue weighted by Crippen LogP contribution is 2.37. The third-order valence-electron chi connectivity index (χ3n) is 4.97. The maximum atomic E-state index is 13.6. The molecule has 31 heavy (non-hydrogen) atoms. The van der Waals surface area contributed by atoms with Gasteiger partial charge in [-0.15, -0.1) is 0 Å². The van der Waals surface area contributed by atoms with Crippen LogP contribution in [0.3, 0.4) is 0 Å². The van der Waals surface area contributed by atoms with Gasteiger partial charge in [0.2, 0.25) is 5.91 Å². The second-order valence-corrected chi connectivity index (χ2v) is 8.33. The molecule has 0 aromatic heterocycles. The van der Waals surface area contributed by atoms with Crippen LogP contribution < -0.4 is 20.1 Å². The van der Waals surface area contributed by atoms with Gasteiger partial charge in [-0.25, -0.2) is 4.79 Å². The number of methoxy groups -OCH3 is 2. The molecule has 1 heterocycles. The molecule has 2 aromatic carbocycles. The molecule has 0 radical (unpaired) electrons. The summed E-state index contributed by atoms with van der Waals surface area (Å²) in [5.41, 5.74) is -0.858. The van der Waals surface area contributed by atoms with E-state index in [1.807, 2.05) is 20.8 Å². The summed E-state index contributed by atoms with van der Waals surface area (Å²) in [6.07, 6.45) is 0. The monoisotopic (exact) mass is 425 g/mol. The van der Waals surface area contributed by atoms with E-state index in [0.29, 0.717) is 22.6 Å².